The van der Waals surface area contributed by atoms with Crippen molar-refractivity contribution in [2.75, 3.05) is 7.11 Å². The summed E-state index contributed by atoms with van der Waals surface area (Å²) >= 11 is 0. The molecule has 0 heterocycles. The Hall–Kier alpha value is -1.22. The first kappa shape index (κ1) is 9.86. The van der Waals surface area contributed by atoms with E-state index in [1.807, 2.05) is 0 Å². The zero-order valence-electron chi connectivity index (χ0n) is 7.64. The van der Waals surface area contributed by atoms with Crippen LogP contribution in [0.3, 0.4) is 0 Å². The molecule has 1 aliphatic rings. The lowest BCUT2D eigenvalue weighted by molar-refractivity contribution is -0.146. The molecule has 5 nitrogen and oxygen atoms in total. The Bertz CT molecular complexity index is 236. The van der Waals surface area contributed by atoms with Gasteiger partial charge in [0.15, 0.2) is 0 Å². The van der Waals surface area contributed by atoms with Crippen molar-refractivity contribution in [3.63, 3.8) is 0 Å². The number of esters is 1. The fourth-order valence-corrected chi connectivity index (χ4v) is 1.72. The van der Waals surface area contributed by atoms with E-state index in [1.54, 1.807) is 0 Å². The van der Waals surface area contributed by atoms with E-state index in [0.29, 0.717) is 6.42 Å². The molecule has 0 bridgehead atoms. The number of hydrogen-bond acceptors (Lipinski definition) is 3. The first-order valence-corrected chi connectivity index (χ1v) is 4.40. The average molecular weight is 183 g/mol. The Morgan fingerprint density at radius 1 is 1.62 bits per heavy atom. The molecule has 0 aliphatic heterocycles. The Balaban J connectivity index is 2.50. The van der Waals surface area contributed by atoms with Crippen molar-refractivity contribution in [1.82, 2.24) is 0 Å². The van der Waals surface area contributed by atoms with Crippen LogP contribution in [0.25, 0.3) is 10.4 Å². The summed E-state index contributed by atoms with van der Waals surface area (Å²) in [5.74, 6) is -0.257. The molecule has 0 N–H and O–H groups in total. The second-order valence-corrected chi connectivity index (χ2v) is 3.25. The van der Waals surface area contributed by atoms with Gasteiger partial charge in [-0.2, -0.15) is 0 Å². The van der Waals surface area contributed by atoms with Crippen molar-refractivity contribution in [1.29, 1.82) is 0 Å². The summed E-state index contributed by atoms with van der Waals surface area (Å²) in [6.45, 7) is 0. The molecule has 0 amide bonds. The maximum Gasteiger partial charge on any atom is 0.308 e. The van der Waals surface area contributed by atoms with Crippen LogP contribution in [-0.4, -0.2) is 19.1 Å². The minimum Gasteiger partial charge on any atom is -0.469 e. The fraction of sp³-hybridized carbons (Fsp3) is 0.875. The molecule has 5 heteroatoms. The molecule has 0 spiro atoms. The molecule has 13 heavy (non-hydrogen) atoms. The van der Waals surface area contributed by atoms with E-state index in [4.69, 9.17) is 5.53 Å². The van der Waals surface area contributed by atoms with Crippen LogP contribution in [0, 0.1) is 5.92 Å². The fourth-order valence-electron chi connectivity index (χ4n) is 1.72. The van der Waals surface area contributed by atoms with Gasteiger partial charge in [0.1, 0.15) is 0 Å². The summed E-state index contributed by atoms with van der Waals surface area (Å²) in [5.41, 5.74) is 8.24. The molecule has 0 aromatic carbocycles. The lowest BCUT2D eigenvalue weighted by Crippen LogP contribution is -2.25. The van der Waals surface area contributed by atoms with Gasteiger partial charge in [0.2, 0.25) is 0 Å². The van der Waals surface area contributed by atoms with Crippen LogP contribution in [-0.2, 0) is 9.53 Å². The molecule has 0 aromatic rings. The molecule has 1 fully saturated rings. The van der Waals surface area contributed by atoms with Crippen molar-refractivity contribution in [2.24, 2.45) is 11.0 Å². The predicted octanol–water partition coefficient (Wildman–Crippen LogP) is 2.03. The van der Waals surface area contributed by atoms with Gasteiger partial charge in [0.05, 0.1) is 13.0 Å². The number of rotatable bonds is 2. The van der Waals surface area contributed by atoms with E-state index >= 15 is 0 Å². The van der Waals surface area contributed by atoms with Crippen LogP contribution in [0.15, 0.2) is 5.11 Å². The van der Waals surface area contributed by atoms with Gasteiger partial charge in [-0.25, -0.2) is 0 Å². The maximum absolute atomic E-state index is 11.2. The second-order valence-electron chi connectivity index (χ2n) is 3.25. The predicted molar refractivity (Wildman–Crippen MR) is 46.9 cm³/mol. The zero-order chi connectivity index (χ0) is 9.68. The Morgan fingerprint density at radius 3 is 3.00 bits per heavy atom. The first-order chi connectivity index (χ1) is 6.27. The molecule has 2 atom stereocenters. The third-order valence-corrected chi connectivity index (χ3v) is 2.40. The molecule has 0 aromatic heterocycles. The van der Waals surface area contributed by atoms with Gasteiger partial charge in [0.25, 0.3) is 0 Å². The molecule has 0 saturated heterocycles. The van der Waals surface area contributed by atoms with Crippen molar-refractivity contribution in [2.45, 2.75) is 31.7 Å². The molecule has 1 rings (SSSR count). The number of carbonyl (C=O) groups excluding carboxylic acids is 1. The number of nitrogens with zero attached hydrogens (tertiary/aromatic N) is 3. The highest BCUT2D eigenvalue weighted by Gasteiger charge is 2.26. The van der Waals surface area contributed by atoms with Crippen molar-refractivity contribution in [3.05, 3.63) is 10.4 Å². The number of ether oxygens (including phenoxy) is 1. The van der Waals surface area contributed by atoms with Gasteiger partial charge < -0.3 is 4.74 Å². The van der Waals surface area contributed by atoms with Crippen LogP contribution in [0.2, 0.25) is 0 Å². The van der Waals surface area contributed by atoms with Crippen LogP contribution >= 0.6 is 0 Å². The highest BCUT2D eigenvalue weighted by molar-refractivity contribution is 5.72. The van der Waals surface area contributed by atoms with E-state index in [1.165, 1.54) is 7.11 Å². The van der Waals surface area contributed by atoms with Gasteiger partial charge in [-0.15, -0.1) is 0 Å². The SMILES string of the molecule is COC(=O)C1CCCC(N=[N+]=[N-])C1. The molecular formula is C8H13N3O2. The van der Waals surface area contributed by atoms with E-state index in [-0.39, 0.29) is 17.9 Å². The molecule has 0 radical (unpaired) electrons. The Labute approximate surface area is 76.7 Å². The standard InChI is InChI=1S/C8H13N3O2/c1-13-8(12)6-3-2-4-7(5-6)10-11-9/h6-7H,2-5H2,1H3. The molecule has 1 aliphatic carbocycles. The average Bonchev–Trinajstić information content (AvgIpc) is 2.18. The third kappa shape index (κ3) is 2.63. The quantitative estimate of drug-likeness (QED) is 0.284. The van der Waals surface area contributed by atoms with Crippen LogP contribution in [0.4, 0.5) is 0 Å². The topological polar surface area (TPSA) is 75.1 Å². The lowest BCUT2D eigenvalue weighted by Gasteiger charge is -2.23. The maximum atomic E-state index is 11.2. The molecule has 72 valence electrons. The minimum absolute atomic E-state index is 0.0251. The van der Waals surface area contributed by atoms with E-state index in [2.05, 4.69) is 14.8 Å². The lowest BCUT2D eigenvalue weighted by atomic mass is 9.86. The summed E-state index contributed by atoms with van der Waals surface area (Å²) in [7, 11) is 1.39. The highest BCUT2D eigenvalue weighted by Crippen LogP contribution is 2.27. The Morgan fingerprint density at radius 2 is 2.38 bits per heavy atom. The molecule has 2 unspecified atom stereocenters. The van der Waals surface area contributed by atoms with Gasteiger partial charge >= 0.3 is 5.97 Å². The summed E-state index contributed by atoms with van der Waals surface area (Å²) in [5, 5.41) is 3.62. The van der Waals surface area contributed by atoms with Crippen molar-refractivity contribution < 1.29 is 9.53 Å². The van der Waals surface area contributed by atoms with Crippen LogP contribution in [0.1, 0.15) is 25.7 Å². The third-order valence-electron chi connectivity index (χ3n) is 2.40. The largest absolute Gasteiger partial charge is 0.469 e. The highest BCUT2D eigenvalue weighted by atomic mass is 16.5. The van der Waals surface area contributed by atoms with Gasteiger partial charge in [0, 0.05) is 11.0 Å². The van der Waals surface area contributed by atoms with Crippen molar-refractivity contribution >= 4 is 5.97 Å². The number of methoxy groups -OCH3 is 1. The number of azide groups is 1. The van der Waals surface area contributed by atoms with E-state index < -0.39 is 0 Å². The Kier molecular flexibility index (Phi) is 3.58. The van der Waals surface area contributed by atoms with E-state index in [0.717, 1.165) is 19.3 Å². The van der Waals surface area contributed by atoms with Gasteiger partial charge in [-0.3, -0.25) is 4.79 Å². The summed E-state index contributed by atoms with van der Waals surface area (Å²) in [6.07, 6.45) is 3.31. The molecular weight excluding hydrogens is 170 g/mol. The van der Waals surface area contributed by atoms with Crippen LogP contribution in [0.5, 0.6) is 0 Å². The van der Waals surface area contributed by atoms with E-state index in [9.17, 15) is 4.79 Å². The zero-order valence-corrected chi connectivity index (χ0v) is 7.64. The monoisotopic (exact) mass is 183 g/mol. The smallest absolute Gasteiger partial charge is 0.308 e. The van der Waals surface area contributed by atoms with Gasteiger partial charge in [-0.05, 0) is 24.8 Å². The second kappa shape index (κ2) is 4.72. The first-order valence-electron chi connectivity index (χ1n) is 4.40. The van der Waals surface area contributed by atoms with Crippen LogP contribution < -0.4 is 0 Å². The van der Waals surface area contributed by atoms with Gasteiger partial charge in [-0.1, -0.05) is 11.5 Å². The summed E-state index contributed by atoms with van der Waals surface area (Å²) in [4.78, 5) is 13.9. The minimum atomic E-state index is -0.183. The normalized spacial score (nSPS) is 27.5. The summed E-state index contributed by atoms with van der Waals surface area (Å²) in [6, 6.07) is -0.0251. The number of carbonyl (C=O) groups is 1. The summed E-state index contributed by atoms with van der Waals surface area (Å²) < 4.78 is 4.64. The van der Waals surface area contributed by atoms with Crippen molar-refractivity contribution in [3.8, 4) is 0 Å². The molecule has 1 saturated carbocycles. The number of hydrogen-bond donors (Lipinski definition) is 0.